The van der Waals surface area contributed by atoms with Crippen molar-refractivity contribution in [3.05, 3.63) is 17.0 Å². The number of carbonyl (C=O) groups is 2. The molecule has 2 atom stereocenters. The zero-order valence-corrected chi connectivity index (χ0v) is 18.7. The van der Waals surface area contributed by atoms with Gasteiger partial charge in [-0.05, 0) is 68.3 Å². The Morgan fingerprint density at radius 3 is 3.00 bits per heavy atom. The number of aromatic nitrogens is 2. The monoisotopic (exact) mass is 435 g/mol. The number of nitrogens with zero attached hydrogens (tertiary/aromatic N) is 1. The largest absolute Gasteiger partial charge is 0.465 e. The van der Waals surface area contributed by atoms with Gasteiger partial charge in [0.25, 0.3) is 5.91 Å². The van der Waals surface area contributed by atoms with E-state index in [1.165, 1.54) is 0 Å². The lowest BCUT2D eigenvalue weighted by Crippen LogP contribution is -2.43. The molecule has 2 saturated heterocycles. The quantitative estimate of drug-likeness (QED) is 0.527. The smallest absolute Gasteiger partial charge is 0.308 e. The standard InChI is InChI=1S/C22H33N3O4S/c1-2-17-19-18(25-24-17)13-22(14-23-20(19)26)7-9-28-16(12-22)4-3-8-29-21(27)15-5-10-30-11-6-15/h15-16H,2-14H2,1H3,(H,23,26)(H,24,25). The zero-order chi connectivity index (χ0) is 21.0. The van der Waals surface area contributed by atoms with Gasteiger partial charge in [0.15, 0.2) is 0 Å². The fourth-order valence-corrected chi connectivity index (χ4v) is 6.10. The van der Waals surface area contributed by atoms with Crippen molar-refractivity contribution in [2.24, 2.45) is 11.3 Å². The Morgan fingerprint density at radius 1 is 1.37 bits per heavy atom. The predicted molar refractivity (Wildman–Crippen MR) is 116 cm³/mol. The molecular weight excluding hydrogens is 402 g/mol. The van der Waals surface area contributed by atoms with Crippen LogP contribution >= 0.6 is 11.8 Å². The molecule has 1 aromatic rings. The Labute approximate surface area is 182 Å². The van der Waals surface area contributed by atoms with Crippen LogP contribution in [0.25, 0.3) is 0 Å². The van der Waals surface area contributed by atoms with E-state index in [1.807, 2.05) is 18.7 Å². The number of carbonyl (C=O) groups excluding carboxylic acids is 2. The lowest BCUT2D eigenvalue weighted by Gasteiger charge is -2.40. The lowest BCUT2D eigenvalue weighted by atomic mass is 9.73. The molecule has 7 nitrogen and oxygen atoms in total. The molecule has 4 rings (SSSR count). The van der Waals surface area contributed by atoms with Gasteiger partial charge in [-0.25, -0.2) is 0 Å². The number of esters is 1. The first-order chi connectivity index (χ1) is 14.6. The van der Waals surface area contributed by atoms with Crippen molar-refractivity contribution >= 4 is 23.6 Å². The first-order valence-electron chi connectivity index (χ1n) is 11.3. The van der Waals surface area contributed by atoms with Crippen LogP contribution < -0.4 is 5.32 Å². The van der Waals surface area contributed by atoms with Crippen molar-refractivity contribution in [2.75, 3.05) is 31.3 Å². The first kappa shape index (κ1) is 21.7. The molecule has 2 N–H and O–H groups in total. The summed E-state index contributed by atoms with van der Waals surface area (Å²) in [6.45, 7) is 3.86. The van der Waals surface area contributed by atoms with Gasteiger partial charge in [-0.15, -0.1) is 0 Å². The number of rotatable bonds is 6. The molecule has 166 valence electrons. The van der Waals surface area contributed by atoms with E-state index < -0.39 is 0 Å². The van der Waals surface area contributed by atoms with E-state index in [0.717, 1.165) is 79.8 Å². The maximum absolute atomic E-state index is 12.6. The Kier molecular flexibility index (Phi) is 7.03. The van der Waals surface area contributed by atoms with Crippen molar-refractivity contribution in [1.82, 2.24) is 15.5 Å². The van der Waals surface area contributed by atoms with E-state index in [1.54, 1.807) is 0 Å². The molecule has 0 saturated carbocycles. The average Bonchev–Trinajstić information content (AvgIpc) is 3.12. The maximum Gasteiger partial charge on any atom is 0.308 e. The summed E-state index contributed by atoms with van der Waals surface area (Å²) < 4.78 is 11.6. The van der Waals surface area contributed by atoms with Gasteiger partial charge in [0.2, 0.25) is 0 Å². The van der Waals surface area contributed by atoms with Crippen LogP contribution in [-0.2, 0) is 27.1 Å². The molecule has 8 heteroatoms. The molecule has 1 amide bonds. The van der Waals surface area contributed by atoms with Crippen molar-refractivity contribution in [1.29, 1.82) is 0 Å². The Morgan fingerprint density at radius 2 is 2.20 bits per heavy atom. The lowest BCUT2D eigenvalue weighted by molar-refractivity contribution is -0.149. The number of aryl methyl sites for hydroxylation is 1. The number of hydrogen-bond acceptors (Lipinski definition) is 6. The fraction of sp³-hybridized carbons (Fsp3) is 0.773. The molecule has 0 aromatic carbocycles. The summed E-state index contributed by atoms with van der Waals surface area (Å²) in [5, 5.41) is 10.6. The molecular formula is C22H33N3O4S. The molecule has 1 spiro atoms. The van der Waals surface area contributed by atoms with Crippen LogP contribution in [0.3, 0.4) is 0 Å². The minimum Gasteiger partial charge on any atom is -0.465 e. The molecule has 1 aromatic heterocycles. The second-order valence-electron chi connectivity index (χ2n) is 8.88. The zero-order valence-electron chi connectivity index (χ0n) is 17.8. The highest BCUT2D eigenvalue weighted by atomic mass is 32.2. The number of nitrogens with one attached hydrogen (secondary N) is 2. The first-order valence-corrected chi connectivity index (χ1v) is 12.5. The third-order valence-corrected chi connectivity index (χ3v) is 7.82. The van der Waals surface area contributed by atoms with Crippen LogP contribution in [0.1, 0.15) is 67.2 Å². The van der Waals surface area contributed by atoms with Crippen LogP contribution in [-0.4, -0.2) is 59.4 Å². The summed E-state index contributed by atoms with van der Waals surface area (Å²) in [5.41, 5.74) is 2.55. The molecule has 0 bridgehead atoms. The van der Waals surface area contributed by atoms with Crippen LogP contribution in [0.4, 0.5) is 0 Å². The van der Waals surface area contributed by atoms with Gasteiger partial charge in [0.05, 0.1) is 29.9 Å². The third-order valence-electron chi connectivity index (χ3n) is 6.77. The topological polar surface area (TPSA) is 93.3 Å². The molecule has 3 aliphatic rings. The van der Waals surface area contributed by atoms with Gasteiger partial charge < -0.3 is 14.8 Å². The number of hydrogen-bond donors (Lipinski definition) is 2. The highest BCUT2D eigenvalue weighted by molar-refractivity contribution is 7.99. The second kappa shape index (κ2) is 9.73. The molecule has 30 heavy (non-hydrogen) atoms. The van der Waals surface area contributed by atoms with E-state index in [0.29, 0.717) is 19.8 Å². The van der Waals surface area contributed by atoms with E-state index in [4.69, 9.17) is 9.47 Å². The van der Waals surface area contributed by atoms with Crippen molar-refractivity contribution < 1.29 is 19.1 Å². The van der Waals surface area contributed by atoms with E-state index in [-0.39, 0.29) is 29.3 Å². The van der Waals surface area contributed by atoms with Gasteiger partial charge in [-0.3, -0.25) is 14.7 Å². The number of amides is 1. The van der Waals surface area contributed by atoms with Gasteiger partial charge in [-0.2, -0.15) is 16.9 Å². The summed E-state index contributed by atoms with van der Waals surface area (Å²) >= 11 is 1.92. The third kappa shape index (κ3) is 4.85. The molecule has 0 aliphatic carbocycles. The minimum atomic E-state index is -0.0266. The number of ether oxygens (including phenoxy) is 2. The van der Waals surface area contributed by atoms with E-state index in [2.05, 4.69) is 15.5 Å². The summed E-state index contributed by atoms with van der Waals surface area (Å²) in [7, 11) is 0. The van der Waals surface area contributed by atoms with Crippen LogP contribution in [0.15, 0.2) is 0 Å². The van der Waals surface area contributed by atoms with Crippen molar-refractivity contribution in [3.8, 4) is 0 Å². The molecule has 3 aliphatic heterocycles. The highest BCUT2D eigenvalue weighted by Gasteiger charge is 2.41. The van der Waals surface area contributed by atoms with Gasteiger partial charge in [0, 0.05) is 18.8 Å². The normalized spacial score (nSPS) is 27.4. The van der Waals surface area contributed by atoms with Gasteiger partial charge in [0.1, 0.15) is 0 Å². The number of aromatic amines is 1. The SMILES string of the molecule is CCc1n[nH]c2c1C(=O)NCC1(CCOC(CCCOC(=O)C3CCSCC3)C1)C2. The van der Waals surface area contributed by atoms with E-state index in [9.17, 15) is 9.59 Å². The summed E-state index contributed by atoms with van der Waals surface area (Å²) in [5.74, 6) is 2.18. The Bertz CT molecular complexity index is 762. The van der Waals surface area contributed by atoms with Crippen LogP contribution in [0.5, 0.6) is 0 Å². The Balaban J connectivity index is 1.28. The van der Waals surface area contributed by atoms with Gasteiger partial charge >= 0.3 is 5.97 Å². The Hall–Kier alpha value is -1.54. The molecule has 4 heterocycles. The summed E-state index contributed by atoms with van der Waals surface area (Å²) in [6.07, 6.45) is 7.11. The second-order valence-corrected chi connectivity index (χ2v) is 10.1. The maximum atomic E-state index is 12.6. The summed E-state index contributed by atoms with van der Waals surface area (Å²) in [6, 6.07) is 0. The number of thioether (sulfide) groups is 1. The number of fused-ring (bicyclic) bond motifs is 1. The van der Waals surface area contributed by atoms with Crippen molar-refractivity contribution in [3.63, 3.8) is 0 Å². The fourth-order valence-electron chi connectivity index (χ4n) is 4.99. The van der Waals surface area contributed by atoms with E-state index >= 15 is 0 Å². The average molecular weight is 436 g/mol. The summed E-state index contributed by atoms with van der Waals surface area (Å²) in [4.78, 5) is 24.8. The minimum absolute atomic E-state index is 0.00217. The molecule has 2 unspecified atom stereocenters. The van der Waals surface area contributed by atoms with Gasteiger partial charge in [-0.1, -0.05) is 6.92 Å². The number of H-pyrrole nitrogens is 1. The van der Waals surface area contributed by atoms with Crippen LogP contribution in [0, 0.1) is 11.3 Å². The van der Waals surface area contributed by atoms with Crippen molar-refractivity contribution in [2.45, 2.75) is 64.4 Å². The molecule has 2 fully saturated rings. The predicted octanol–water partition coefficient (Wildman–Crippen LogP) is 2.89. The molecule has 0 radical (unpaired) electrons. The highest BCUT2D eigenvalue weighted by Crippen LogP contribution is 2.39. The van der Waals surface area contributed by atoms with Crippen LogP contribution in [0.2, 0.25) is 0 Å².